The number of methoxy groups -OCH3 is 1. The van der Waals surface area contributed by atoms with Gasteiger partial charge >= 0.3 is 5.97 Å². The van der Waals surface area contributed by atoms with E-state index < -0.39 is 5.97 Å². The van der Waals surface area contributed by atoms with E-state index in [9.17, 15) is 4.79 Å². The average Bonchev–Trinajstić information content (AvgIpc) is 3.14. The van der Waals surface area contributed by atoms with Gasteiger partial charge in [0.05, 0.1) is 23.0 Å². The summed E-state index contributed by atoms with van der Waals surface area (Å²) < 4.78 is 10.7. The van der Waals surface area contributed by atoms with Crippen LogP contribution in [0, 0.1) is 0 Å². The fourth-order valence-electron chi connectivity index (χ4n) is 3.23. The molecule has 0 aromatic heterocycles. The van der Waals surface area contributed by atoms with Crippen molar-refractivity contribution < 1.29 is 19.4 Å². The zero-order valence-electron chi connectivity index (χ0n) is 15.1. The number of rotatable bonds is 7. The van der Waals surface area contributed by atoms with Gasteiger partial charge in [0.1, 0.15) is 6.79 Å². The first-order valence-electron chi connectivity index (χ1n) is 8.61. The van der Waals surface area contributed by atoms with Gasteiger partial charge in [-0.2, -0.15) is 0 Å². The van der Waals surface area contributed by atoms with Crippen LogP contribution in [0.3, 0.4) is 0 Å². The molecule has 138 valence electrons. The van der Waals surface area contributed by atoms with E-state index in [1.807, 2.05) is 31.3 Å². The Balaban J connectivity index is 1.79. The molecule has 26 heavy (non-hydrogen) atoms. The second kappa shape index (κ2) is 8.21. The zero-order chi connectivity index (χ0) is 18.5. The second-order valence-corrected chi connectivity index (χ2v) is 6.33. The van der Waals surface area contributed by atoms with Gasteiger partial charge in [0.15, 0.2) is 0 Å². The summed E-state index contributed by atoms with van der Waals surface area (Å²) >= 11 is 0. The standard InChI is InChI=1S/C20H24N2O4/c1-21(16-9-7-15(8-10-16)20(23)24)18-5-3-4-6-19(18)22-12-11-17(13-22)26-14-25-2/h3-10,17H,11-14H2,1-2H3,(H,23,24). The molecule has 6 nitrogen and oxygen atoms in total. The van der Waals surface area contributed by atoms with Crippen molar-refractivity contribution in [2.45, 2.75) is 12.5 Å². The molecular weight excluding hydrogens is 332 g/mol. The summed E-state index contributed by atoms with van der Waals surface area (Å²) in [6, 6.07) is 15.1. The number of carbonyl (C=O) groups is 1. The lowest BCUT2D eigenvalue weighted by Gasteiger charge is -2.28. The summed E-state index contributed by atoms with van der Waals surface area (Å²) in [6.07, 6.45) is 1.14. The van der Waals surface area contributed by atoms with E-state index in [2.05, 4.69) is 21.9 Å². The van der Waals surface area contributed by atoms with Crippen molar-refractivity contribution in [3.63, 3.8) is 0 Å². The summed E-state index contributed by atoms with van der Waals surface area (Å²) in [6.45, 7) is 2.07. The normalized spacial score (nSPS) is 16.7. The number of aromatic carboxylic acids is 1. The molecule has 0 amide bonds. The lowest BCUT2D eigenvalue weighted by atomic mass is 10.1. The third-order valence-corrected chi connectivity index (χ3v) is 4.65. The van der Waals surface area contributed by atoms with Crippen molar-refractivity contribution in [2.24, 2.45) is 0 Å². The number of hydrogen-bond acceptors (Lipinski definition) is 5. The van der Waals surface area contributed by atoms with E-state index in [4.69, 9.17) is 14.6 Å². The van der Waals surface area contributed by atoms with Gasteiger partial charge in [0, 0.05) is 32.9 Å². The number of nitrogens with zero attached hydrogens (tertiary/aromatic N) is 2. The van der Waals surface area contributed by atoms with Gasteiger partial charge in [-0.25, -0.2) is 4.79 Å². The molecule has 1 aliphatic rings. The minimum absolute atomic E-state index is 0.170. The van der Waals surface area contributed by atoms with E-state index in [0.29, 0.717) is 6.79 Å². The molecule has 2 aromatic carbocycles. The smallest absolute Gasteiger partial charge is 0.335 e. The van der Waals surface area contributed by atoms with Crippen LogP contribution in [0.5, 0.6) is 0 Å². The van der Waals surface area contributed by atoms with E-state index in [1.54, 1.807) is 19.2 Å². The molecule has 1 aliphatic heterocycles. The zero-order valence-corrected chi connectivity index (χ0v) is 15.1. The van der Waals surface area contributed by atoms with Crippen molar-refractivity contribution in [1.82, 2.24) is 0 Å². The maximum Gasteiger partial charge on any atom is 0.335 e. The van der Waals surface area contributed by atoms with Gasteiger partial charge in [-0.05, 0) is 42.8 Å². The number of benzene rings is 2. The summed E-state index contributed by atoms with van der Waals surface area (Å²) in [5.74, 6) is -0.918. The van der Waals surface area contributed by atoms with Crippen LogP contribution >= 0.6 is 0 Å². The minimum Gasteiger partial charge on any atom is -0.478 e. The molecule has 6 heteroatoms. The number of carboxylic acid groups (broad SMARTS) is 1. The van der Waals surface area contributed by atoms with Crippen LogP contribution in [0.15, 0.2) is 48.5 Å². The number of hydrogen-bond donors (Lipinski definition) is 1. The van der Waals surface area contributed by atoms with E-state index in [-0.39, 0.29) is 11.7 Å². The average molecular weight is 356 g/mol. The summed E-state index contributed by atoms with van der Waals surface area (Å²) in [5, 5.41) is 9.06. The highest BCUT2D eigenvalue weighted by atomic mass is 16.7. The van der Waals surface area contributed by atoms with Crippen LogP contribution in [0.25, 0.3) is 0 Å². The molecule has 1 atom stereocenters. The Kier molecular flexibility index (Phi) is 5.75. The fraction of sp³-hybridized carbons (Fsp3) is 0.350. The van der Waals surface area contributed by atoms with Gasteiger partial charge < -0.3 is 24.4 Å². The third kappa shape index (κ3) is 3.98. The van der Waals surface area contributed by atoms with Crippen LogP contribution in [-0.4, -0.2) is 51.2 Å². The first-order valence-corrected chi connectivity index (χ1v) is 8.61. The number of ether oxygens (including phenoxy) is 2. The molecule has 3 rings (SSSR count). The number of para-hydroxylation sites is 2. The molecular formula is C20H24N2O4. The Hall–Kier alpha value is -2.57. The Morgan fingerprint density at radius 1 is 1.23 bits per heavy atom. The minimum atomic E-state index is -0.918. The first kappa shape index (κ1) is 18.2. The maximum atomic E-state index is 11.0. The van der Waals surface area contributed by atoms with Gasteiger partial charge in [-0.3, -0.25) is 0 Å². The lowest BCUT2D eigenvalue weighted by Crippen LogP contribution is -2.25. The molecule has 1 saturated heterocycles. The monoisotopic (exact) mass is 356 g/mol. The molecule has 1 unspecified atom stereocenters. The van der Waals surface area contributed by atoms with Gasteiger partial charge in [-0.15, -0.1) is 0 Å². The predicted octanol–water partition coefficient (Wildman–Crippen LogP) is 3.35. The van der Waals surface area contributed by atoms with Gasteiger partial charge in [-0.1, -0.05) is 12.1 Å². The van der Waals surface area contributed by atoms with Crippen LogP contribution in [-0.2, 0) is 9.47 Å². The Bertz CT molecular complexity index is 748. The van der Waals surface area contributed by atoms with E-state index in [1.165, 1.54) is 0 Å². The molecule has 0 spiro atoms. The van der Waals surface area contributed by atoms with Gasteiger partial charge in [0.2, 0.25) is 0 Å². The molecule has 1 heterocycles. The molecule has 1 N–H and O–H groups in total. The van der Waals surface area contributed by atoms with Crippen molar-refractivity contribution in [2.75, 3.05) is 43.8 Å². The summed E-state index contributed by atoms with van der Waals surface area (Å²) in [4.78, 5) is 15.4. The molecule has 0 bridgehead atoms. The quantitative estimate of drug-likeness (QED) is 0.768. The van der Waals surface area contributed by atoms with Crippen molar-refractivity contribution in [3.8, 4) is 0 Å². The van der Waals surface area contributed by atoms with Gasteiger partial charge in [0.25, 0.3) is 0 Å². The lowest BCUT2D eigenvalue weighted by molar-refractivity contribution is -0.0636. The highest BCUT2D eigenvalue weighted by Gasteiger charge is 2.25. The predicted molar refractivity (Wildman–Crippen MR) is 101 cm³/mol. The maximum absolute atomic E-state index is 11.0. The Labute approximate surface area is 153 Å². The van der Waals surface area contributed by atoms with Crippen LogP contribution in [0.4, 0.5) is 17.1 Å². The van der Waals surface area contributed by atoms with Crippen LogP contribution < -0.4 is 9.80 Å². The number of carboxylic acids is 1. The summed E-state index contributed by atoms with van der Waals surface area (Å²) in [5.41, 5.74) is 3.44. The topological polar surface area (TPSA) is 62.2 Å². The second-order valence-electron chi connectivity index (χ2n) is 6.33. The number of anilines is 3. The Morgan fingerprint density at radius 2 is 1.96 bits per heavy atom. The summed E-state index contributed by atoms with van der Waals surface area (Å²) in [7, 11) is 3.62. The first-order chi connectivity index (χ1) is 12.6. The highest BCUT2D eigenvalue weighted by Crippen LogP contribution is 2.35. The van der Waals surface area contributed by atoms with Crippen LogP contribution in [0.2, 0.25) is 0 Å². The van der Waals surface area contributed by atoms with Crippen LogP contribution in [0.1, 0.15) is 16.8 Å². The molecule has 2 aromatic rings. The SMILES string of the molecule is COCOC1CCN(c2ccccc2N(C)c2ccc(C(=O)O)cc2)C1. The van der Waals surface area contributed by atoms with Crippen molar-refractivity contribution in [3.05, 3.63) is 54.1 Å². The van der Waals surface area contributed by atoms with E-state index >= 15 is 0 Å². The highest BCUT2D eigenvalue weighted by molar-refractivity contribution is 5.88. The fourth-order valence-corrected chi connectivity index (χ4v) is 3.23. The largest absolute Gasteiger partial charge is 0.478 e. The van der Waals surface area contributed by atoms with E-state index in [0.717, 1.165) is 36.6 Å². The molecule has 0 saturated carbocycles. The van der Waals surface area contributed by atoms with Crippen molar-refractivity contribution >= 4 is 23.0 Å². The van der Waals surface area contributed by atoms with Crippen molar-refractivity contribution in [1.29, 1.82) is 0 Å². The molecule has 0 radical (unpaired) electrons. The Morgan fingerprint density at radius 3 is 2.65 bits per heavy atom. The third-order valence-electron chi connectivity index (χ3n) is 4.65. The molecule has 1 fully saturated rings. The molecule has 0 aliphatic carbocycles.